The van der Waals surface area contributed by atoms with E-state index in [4.69, 9.17) is 6.92 Å². The van der Waals surface area contributed by atoms with E-state index >= 15 is 0 Å². The van der Waals surface area contributed by atoms with Gasteiger partial charge in [-0.2, -0.15) is 0 Å². The van der Waals surface area contributed by atoms with E-state index in [1.54, 1.807) is 18.5 Å². The van der Waals surface area contributed by atoms with Crippen LogP contribution in [0.2, 0.25) is 0 Å². The van der Waals surface area contributed by atoms with Crippen molar-refractivity contribution in [3.8, 4) is 11.1 Å². The topological polar surface area (TPSA) is 117 Å². The molecule has 0 saturated heterocycles. The molecule has 7 heteroatoms. The smallest absolute Gasteiger partial charge is 0.337 e. The maximum atomic E-state index is 12.8. The molecule has 1 aromatic carbocycles. The van der Waals surface area contributed by atoms with Gasteiger partial charge in [-0.15, -0.1) is 0 Å². The van der Waals surface area contributed by atoms with Crippen molar-refractivity contribution in [2.24, 2.45) is 5.92 Å². The second-order valence-corrected chi connectivity index (χ2v) is 10.5. The summed E-state index contributed by atoms with van der Waals surface area (Å²) in [5, 5.41) is 22.3. The van der Waals surface area contributed by atoms with E-state index in [0.717, 1.165) is 55.2 Å². The van der Waals surface area contributed by atoms with Crippen LogP contribution in [0.5, 0.6) is 0 Å². The third-order valence-corrected chi connectivity index (χ3v) is 7.09. The average molecular weight is 562 g/mol. The van der Waals surface area contributed by atoms with Crippen molar-refractivity contribution in [1.29, 1.82) is 0 Å². The third kappa shape index (κ3) is 12.8. The summed E-state index contributed by atoms with van der Waals surface area (Å²) in [5.41, 5.74) is 0.226. The van der Waals surface area contributed by atoms with E-state index in [0.29, 0.717) is 31.5 Å². The van der Waals surface area contributed by atoms with Crippen molar-refractivity contribution in [3.63, 3.8) is 0 Å². The molecule has 2 rings (SSSR count). The number of Topliss-reactive ketones (excluding diaryl/α,β-unsaturated/α-hetero) is 1. The molecule has 0 unspecified atom stereocenters. The number of amides is 1. The number of nitrogens with zero attached hydrogens (tertiary/aromatic N) is 1. The lowest BCUT2D eigenvalue weighted by Crippen LogP contribution is -2.49. The summed E-state index contributed by atoms with van der Waals surface area (Å²) in [6, 6.07) is 11.6. The number of unbranched alkanes of at least 4 members (excludes halogenated alkanes) is 8. The molecular weight excluding hydrogens is 516 g/mol. The second kappa shape index (κ2) is 18.9. The Morgan fingerprint density at radius 2 is 1.61 bits per heavy atom. The van der Waals surface area contributed by atoms with Gasteiger partial charge in [-0.05, 0) is 54.9 Å². The Morgan fingerprint density at radius 1 is 0.951 bits per heavy atom. The summed E-state index contributed by atoms with van der Waals surface area (Å²) >= 11 is 0. The average Bonchev–Trinajstić information content (AvgIpc) is 2.96. The van der Waals surface area contributed by atoms with Crippen LogP contribution in [0, 0.1) is 19.4 Å². The van der Waals surface area contributed by atoms with Crippen LogP contribution in [0.1, 0.15) is 89.5 Å². The van der Waals surface area contributed by atoms with Crippen LogP contribution in [0.15, 0.2) is 60.9 Å². The van der Waals surface area contributed by atoms with Crippen LogP contribution in [0.25, 0.3) is 11.1 Å². The summed E-state index contributed by atoms with van der Waals surface area (Å²) in [5.74, 6) is -3.50. The highest BCUT2D eigenvalue weighted by Crippen LogP contribution is 2.21. The number of carboxylic acids is 1. The number of carboxylic acid groups (broad SMARTS) is 1. The van der Waals surface area contributed by atoms with Gasteiger partial charge in [-0.25, -0.2) is 4.79 Å². The molecular formula is C34H45N2O5. The Bertz CT molecular complexity index is 1080. The number of carbonyl (C=O) groups excluding carboxylic acids is 2. The van der Waals surface area contributed by atoms with Gasteiger partial charge in [0.15, 0.2) is 5.60 Å². The van der Waals surface area contributed by atoms with Crippen molar-refractivity contribution >= 4 is 17.7 Å². The first kappa shape index (κ1) is 33.9. The SMILES string of the molecule is [CH][C@@](O)(C(=O)O)[C@H](/C=C/CCCCCCC(=O)CCCCCCC)C(=O)N[CH]Cc1ccc(-c2cccnc2)cc1. The predicted molar refractivity (Wildman–Crippen MR) is 161 cm³/mol. The fraction of sp³-hybridized carbons (Fsp3) is 0.471. The molecule has 0 aliphatic heterocycles. The van der Waals surface area contributed by atoms with Crippen molar-refractivity contribution < 1.29 is 24.6 Å². The molecule has 0 aliphatic rings. The summed E-state index contributed by atoms with van der Waals surface area (Å²) in [4.78, 5) is 40.4. The molecule has 0 fully saturated rings. The van der Waals surface area contributed by atoms with Crippen molar-refractivity contribution in [3.05, 3.63) is 80.0 Å². The predicted octanol–water partition coefficient (Wildman–Crippen LogP) is 6.54. The number of nitrogens with one attached hydrogen (secondary N) is 1. The lowest BCUT2D eigenvalue weighted by Gasteiger charge is -2.25. The minimum atomic E-state index is -2.74. The van der Waals surface area contributed by atoms with Crippen molar-refractivity contribution in [1.82, 2.24) is 10.3 Å². The van der Waals surface area contributed by atoms with E-state index in [1.807, 2.05) is 36.4 Å². The molecule has 0 saturated carbocycles. The van der Waals surface area contributed by atoms with Gasteiger partial charge >= 0.3 is 5.97 Å². The van der Waals surface area contributed by atoms with E-state index in [-0.39, 0.29) is 0 Å². The molecule has 3 radical (unpaired) electrons. The molecule has 2 atom stereocenters. The zero-order valence-corrected chi connectivity index (χ0v) is 24.3. The Labute approximate surface area is 245 Å². The molecule has 1 amide bonds. The molecule has 1 heterocycles. The zero-order chi connectivity index (χ0) is 29.9. The number of aliphatic hydroxyl groups is 1. The normalized spacial score (nSPS) is 13.5. The number of hydrogen-bond acceptors (Lipinski definition) is 5. The van der Waals surface area contributed by atoms with Gasteiger partial charge in [-0.3, -0.25) is 14.6 Å². The van der Waals surface area contributed by atoms with Crippen LogP contribution in [-0.4, -0.2) is 38.5 Å². The monoisotopic (exact) mass is 561 g/mol. The van der Waals surface area contributed by atoms with Gasteiger partial charge in [0.2, 0.25) is 5.91 Å². The summed E-state index contributed by atoms with van der Waals surface area (Å²) in [6.45, 7) is 9.32. The number of hydrogen-bond donors (Lipinski definition) is 3. The first-order chi connectivity index (χ1) is 19.8. The molecule has 0 aliphatic carbocycles. The first-order valence-corrected chi connectivity index (χ1v) is 14.8. The van der Waals surface area contributed by atoms with Crippen LogP contribution in [0.3, 0.4) is 0 Å². The van der Waals surface area contributed by atoms with E-state index in [2.05, 4.69) is 17.2 Å². The molecule has 1 aromatic heterocycles. The van der Waals surface area contributed by atoms with Crippen LogP contribution in [-0.2, 0) is 20.8 Å². The Hall–Kier alpha value is -3.32. The van der Waals surface area contributed by atoms with E-state index in [9.17, 15) is 24.6 Å². The van der Waals surface area contributed by atoms with Gasteiger partial charge in [-0.1, -0.05) is 87.9 Å². The minimum absolute atomic E-state index is 0.338. The number of pyridine rings is 1. The zero-order valence-electron chi connectivity index (χ0n) is 24.3. The molecule has 2 aromatic rings. The van der Waals surface area contributed by atoms with Gasteiger partial charge in [0.1, 0.15) is 5.78 Å². The number of aliphatic carboxylic acids is 1. The van der Waals surface area contributed by atoms with Crippen LogP contribution < -0.4 is 5.32 Å². The van der Waals surface area contributed by atoms with E-state index < -0.39 is 23.4 Å². The van der Waals surface area contributed by atoms with Gasteiger partial charge in [0.25, 0.3) is 0 Å². The number of benzene rings is 1. The van der Waals surface area contributed by atoms with Crippen LogP contribution in [0.4, 0.5) is 0 Å². The maximum Gasteiger partial charge on any atom is 0.337 e. The Kier molecular flexibility index (Phi) is 15.6. The largest absolute Gasteiger partial charge is 0.479 e. The lowest BCUT2D eigenvalue weighted by atomic mass is 9.87. The van der Waals surface area contributed by atoms with Crippen molar-refractivity contribution in [2.45, 2.75) is 96.0 Å². The highest BCUT2D eigenvalue weighted by molar-refractivity contribution is 5.91. The number of carbonyl (C=O) groups is 3. The summed E-state index contributed by atoms with van der Waals surface area (Å²) < 4.78 is 0. The number of rotatable bonds is 21. The second-order valence-electron chi connectivity index (χ2n) is 10.5. The third-order valence-electron chi connectivity index (χ3n) is 7.09. The molecule has 41 heavy (non-hydrogen) atoms. The molecule has 7 nitrogen and oxygen atoms in total. The quantitative estimate of drug-likeness (QED) is 0.118. The molecule has 0 bridgehead atoms. The molecule has 221 valence electrons. The highest BCUT2D eigenvalue weighted by Gasteiger charge is 2.42. The molecule has 3 N–H and O–H groups in total. The number of aromatic nitrogens is 1. The lowest BCUT2D eigenvalue weighted by molar-refractivity contribution is -0.160. The maximum absolute atomic E-state index is 12.8. The Morgan fingerprint density at radius 3 is 2.22 bits per heavy atom. The number of allylic oxidation sites excluding steroid dienone is 1. The molecule has 0 spiro atoms. The number of ketones is 1. The summed E-state index contributed by atoms with van der Waals surface area (Å²) in [7, 11) is 0. The van der Waals surface area contributed by atoms with Crippen LogP contribution >= 0.6 is 0 Å². The summed E-state index contributed by atoms with van der Waals surface area (Å²) in [6.07, 6.45) is 18.2. The standard InChI is InChI=1S/C34H45N2O5/c1-3-4-5-8-11-16-30(37)17-12-9-6-7-10-13-18-31(34(2,41)33(39)40)32(38)36-25-23-27-19-21-28(22-20-27)29-15-14-24-35-26-29/h2,13-15,18-22,24-26,31,41H,3-12,16-17,23H2,1H3,(H,36,38)(H,39,40)/b18-13+/t31-,34+/m1/s1. The minimum Gasteiger partial charge on any atom is -0.479 e. The fourth-order valence-electron chi connectivity index (χ4n) is 4.51. The Balaban J connectivity index is 1.73. The van der Waals surface area contributed by atoms with Gasteiger partial charge < -0.3 is 15.5 Å². The van der Waals surface area contributed by atoms with Crippen molar-refractivity contribution in [2.75, 3.05) is 0 Å². The van der Waals surface area contributed by atoms with Gasteiger partial charge in [0, 0.05) is 32.2 Å². The first-order valence-electron chi connectivity index (χ1n) is 14.8. The van der Waals surface area contributed by atoms with Gasteiger partial charge in [0.05, 0.1) is 12.5 Å². The van der Waals surface area contributed by atoms with E-state index in [1.165, 1.54) is 31.9 Å². The highest BCUT2D eigenvalue weighted by atomic mass is 16.4. The fourth-order valence-corrected chi connectivity index (χ4v) is 4.51.